The molecule has 2 heterocycles. The normalized spacial score (nSPS) is 22.3. The Kier molecular flexibility index (Phi) is 9.55. The van der Waals surface area contributed by atoms with Gasteiger partial charge in [0.25, 0.3) is 0 Å². The first kappa shape index (κ1) is 25.5. The molecule has 7 N–H and O–H groups in total. The number of nitrogens with one attached hydrogen (secondary N) is 6. The van der Waals surface area contributed by atoms with Crippen LogP contribution in [0.1, 0.15) is 25.7 Å². The molecule has 3 unspecified atom stereocenters. The molecule has 1 aromatic rings. The highest BCUT2D eigenvalue weighted by Gasteiger charge is 2.29. The first-order valence-corrected chi connectivity index (χ1v) is 12.5. The summed E-state index contributed by atoms with van der Waals surface area (Å²) in [5, 5.41) is 21.8. The molecule has 2 saturated heterocycles. The van der Waals surface area contributed by atoms with E-state index in [-0.39, 0.29) is 36.3 Å². The zero-order valence-electron chi connectivity index (χ0n) is 18.2. The van der Waals surface area contributed by atoms with E-state index in [9.17, 15) is 23.1 Å². The molecule has 12 nitrogen and oxygen atoms in total. The lowest BCUT2D eigenvalue weighted by Crippen LogP contribution is -2.48. The summed E-state index contributed by atoms with van der Waals surface area (Å²) < 4.78 is 26.8. The smallest absolute Gasteiger partial charge is 0.323 e. The van der Waals surface area contributed by atoms with Crippen molar-refractivity contribution < 1.29 is 28.0 Å². The molecule has 0 bridgehead atoms. The van der Waals surface area contributed by atoms with Crippen LogP contribution in [0.15, 0.2) is 35.2 Å². The van der Waals surface area contributed by atoms with Crippen molar-refractivity contribution in [3.63, 3.8) is 0 Å². The van der Waals surface area contributed by atoms with Gasteiger partial charge < -0.3 is 10.4 Å². The third-order valence-electron chi connectivity index (χ3n) is 5.41. The van der Waals surface area contributed by atoms with Gasteiger partial charge in [0.1, 0.15) is 12.3 Å². The van der Waals surface area contributed by atoms with Crippen LogP contribution < -0.4 is 31.5 Å². The number of carboxylic acid groups (broad SMARTS) is 1. The SMILES string of the molecule is O=C(CC1CC(CCCNC2NCCN2)NO1)NCC(NS(=O)(=O)c1ccccc1)C(=O)O. The van der Waals surface area contributed by atoms with Gasteiger partial charge in [0, 0.05) is 25.7 Å². The number of sulfonamides is 1. The van der Waals surface area contributed by atoms with Gasteiger partial charge in [0.05, 0.1) is 17.4 Å². The van der Waals surface area contributed by atoms with Crippen LogP contribution in [0.2, 0.25) is 0 Å². The predicted molar refractivity (Wildman–Crippen MR) is 119 cm³/mol. The van der Waals surface area contributed by atoms with Crippen LogP contribution in [-0.2, 0) is 24.4 Å². The van der Waals surface area contributed by atoms with Crippen LogP contribution in [0, 0.1) is 0 Å². The van der Waals surface area contributed by atoms with Gasteiger partial charge in [-0.3, -0.25) is 30.4 Å². The van der Waals surface area contributed by atoms with Crippen molar-refractivity contribution in [1.29, 1.82) is 0 Å². The zero-order valence-corrected chi connectivity index (χ0v) is 19.1. The van der Waals surface area contributed by atoms with Gasteiger partial charge >= 0.3 is 5.97 Å². The van der Waals surface area contributed by atoms with Crippen molar-refractivity contribution in [2.75, 3.05) is 26.2 Å². The Balaban J connectivity index is 1.35. The number of aliphatic carboxylic acids is 1. The molecule has 2 aliphatic rings. The van der Waals surface area contributed by atoms with E-state index in [1.807, 2.05) is 0 Å². The summed E-state index contributed by atoms with van der Waals surface area (Å²) in [6.45, 7) is 2.37. The van der Waals surface area contributed by atoms with Crippen molar-refractivity contribution in [2.24, 2.45) is 0 Å². The van der Waals surface area contributed by atoms with E-state index < -0.39 is 27.9 Å². The second-order valence-corrected chi connectivity index (χ2v) is 9.78. The number of amides is 1. The first-order valence-electron chi connectivity index (χ1n) is 11.0. The summed E-state index contributed by atoms with van der Waals surface area (Å²) in [5.74, 6) is -1.79. The third-order valence-corrected chi connectivity index (χ3v) is 6.90. The maximum Gasteiger partial charge on any atom is 0.323 e. The Hall–Kier alpha value is -2.13. The van der Waals surface area contributed by atoms with Gasteiger partial charge in [0.2, 0.25) is 15.9 Å². The molecule has 0 saturated carbocycles. The molecule has 1 amide bonds. The van der Waals surface area contributed by atoms with E-state index in [4.69, 9.17) is 4.84 Å². The Morgan fingerprint density at radius 2 is 1.91 bits per heavy atom. The molecule has 0 aliphatic carbocycles. The summed E-state index contributed by atoms with van der Waals surface area (Å²) >= 11 is 0. The van der Waals surface area contributed by atoms with Crippen LogP contribution in [-0.4, -0.2) is 76.1 Å². The van der Waals surface area contributed by atoms with Crippen LogP contribution >= 0.6 is 0 Å². The number of hydroxylamine groups is 1. The maximum atomic E-state index is 12.4. The average Bonchev–Trinajstić information content (AvgIpc) is 3.47. The van der Waals surface area contributed by atoms with Crippen molar-refractivity contribution in [1.82, 2.24) is 31.5 Å². The van der Waals surface area contributed by atoms with Gasteiger partial charge in [-0.1, -0.05) is 18.2 Å². The second-order valence-electron chi connectivity index (χ2n) is 8.06. The molecule has 3 rings (SSSR count). The maximum absolute atomic E-state index is 12.4. The predicted octanol–water partition coefficient (Wildman–Crippen LogP) is -1.57. The zero-order chi connectivity index (χ0) is 23.7. The molecule has 184 valence electrons. The minimum Gasteiger partial charge on any atom is -0.480 e. The van der Waals surface area contributed by atoms with E-state index in [1.54, 1.807) is 6.07 Å². The third kappa shape index (κ3) is 8.30. The van der Waals surface area contributed by atoms with Crippen molar-refractivity contribution in [3.8, 4) is 0 Å². The minimum absolute atomic E-state index is 0.0509. The molecular weight excluding hydrogens is 452 g/mol. The number of carbonyl (C=O) groups is 2. The summed E-state index contributed by atoms with van der Waals surface area (Å²) in [7, 11) is -4.03. The molecular formula is C20H32N6O6S. The van der Waals surface area contributed by atoms with E-state index >= 15 is 0 Å². The Morgan fingerprint density at radius 1 is 1.18 bits per heavy atom. The second kappa shape index (κ2) is 12.4. The van der Waals surface area contributed by atoms with Crippen LogP contribution in [0.4, 0.5) is 0 Å². The molecule has 0 radical (unpaired) electrons. The van der Waals surface area contributed by atoms with Crippen LogP contribution in [0.25, 0.3) is 0 Å². The molecule has 2 aliphatic heterocycles. The van der Waals surface area contributed by atoms with Crippen LogP contribution in [0.3, 0.4) is 0 Å². The van der Waals surface area contributed by atoms with E-state index in [0.717, 1.165) is 32.5 Å². The molecule has 0 aromatic heterocycles. The molecule has 3 atom stereocenters. The Labute approximate surface area is 193 Å². The summed E-state index contributed by atoms with van der Waals surface area (Å²) in [6, 6.07) is 6.09. The van der Waals surface area contributed by atoms with Gasteiger partial charge in [-0.2, -0.15) is 10.2 Å². The Morgan fingerprint density at radius 3 is 2.61 bits per heavy atom. The van der Waals surface area contributed by atoms with Gasteiger partial charge in [0.15, 0.2) is 0 Å². The van der Waals surface area contributed by atoms with Gasteiger partial charge in [-0.25, -0.2) is 8.42 Å². The fraction of sp³-hybridized carbons (Fsp3) is 0.600. The number of benzene rings is 1. The van der Waals surface area contributed by atoms with Gasteiger partial charge in [-0.15, -0.1) is 0 Å². The van der Waals surface area contributed by atoms with E-state index in [1.165, 1.54) is 24.3 Å². The first-order chi connectivity index (χ1) is 15.8. The standard InChI is InChI=1S/C20H32N6O6S/c27-18(12-15-11-14(25-32-15)5-4-8-21-20-22-9-10-23-20)24-13-17(19(28)29)26-33(30,31)16-6-2-1-3-7-16/h1-3,6-7,14-15,17,20-23,25-26H,4-5,8-13H2,(H,24,27)(H,28,29). The molecule has 0 spiro atoms. The highest BCUT2D eigenvalue weighted by Crippen LogP contribution is 2.17. The topological polar surface area (TPSA) is 170 Å². The van der Waals surface area contributed by atoms with Gasteiger partial charge in [-0.05, 0) is 37.9 Å². The lowest BCUT2D eigenvalue weighted by Gasteiger charge is -2.16. The molecule has 13 heteroatoms. The largest absolute Gasteiger partial charge is 0.480 e. The van der Waals surface area contributed by atoms with Crippen LogP contribution in [0.5, 0.6) is 0 Å². The number of carboxylic acids is 1. The number of rotatable bonds is 13. The molecule has 1 aromatic carbocycles. The number of carbonyl (C=O) groups excluding carboxylic acids is 1. The van der Waals surface area contributed by atoms with Crippen molar-refractivity contribution in [2.45, 2.75) is 55.1 Å². The highest BCUT2D eigenvalue weighted by atomic mass is 32.2. The fourth-order valence-corrected chi connectivity index (χ4v) is 4.89. The fourth-order valence-electron chi connectivity index (χ4n) is 3.68. The number of hydrogen-bond acceptors (Lipinski definition) is 9. The number of hydrogen-bond donors (Lipinski definition) is 7. The quantitative estimate of drug-likeness (QED) is 0.162. The Bertz CT molecular complexity index is 880. The molecule has 33 heavy (non-hydrogen) atoms. The van der Waals surface area contributed by atoms with E-state index in [2.05, 4.69) is 31.5 Å². The summed E-state index contributed by atoms with van der Waals surface area (Å²) in [6.07, 6.45) is 2.37. The van der Waals surface area contributed by atoms with Crippen molar-refractivity contribution in [3.05, 3.63) is 30.3 Å². The lowest BCUT2D eigenvalue weighted by molar-refractivity contribution is -0.139. The minimum atomic E-state index is -4.03. The molecule has 2 fully saturated rings. The monoisotopic (exact) mass is 484 g/mol. The van der Waals surface area contributed by atoms with Crippen molar-refractivity contribution >= 4 is 21.9 Å². The highest BCUT2D eigenvalue weighted by molar-refractivity contribution is 7.89. The lowest BCUT2D eigenvalue weighted by atomic mass is 10.0. The summed E-state index contributed by atoms with van der Waals surface area (Å²) in [4.78, 5) is 29.2. The van der Waals surface area contributed by atoms with E-state index in [0.29, 0.717) is 6.42 Å². The summed E-state index contributed by atoms with van der Waals surface area (Å²) in [5.41, 5.74) is 2.95. The average molecular weight is 485 g/mol.